The molecule has 0 saturated heterocycles. The van der Waals surface area contributed by atoms with Crippen LogP contribution in [0.25, 0.3) is 0 Å². The summed E-state index contributed by atoms with van der Waals surface area (Å²) in [6.45, 7) is 4.47. The van der Waals surface area contributed by atoms with E-state index in [1.54, 1.807) is 25.3 Å². The number of aliphatic hydroxyl groups excluding tert-OH is 1. The Morgan fingerprint density at radius 2 is 1.92 bits per heavy atom. The lowest BCUT2D eigenvalue weighted by molar-refractivity contribution is 0.229. The van der Waals surface area contributed by atoms with E-state index in [9.17, 15) is 5.11 Å². The average molecular weight is 322 g/mol. The van der Waals surface area contributed by atoms with Crippen molar-refractivity contribution in [2.75, 3.05) is 13.7 Å². The van der Waals surface area contributed by atoms with Crippen molar-refractivity contribution in [2.24, 2.45) is 0 Å². The van der Waals surface area contributed by atoms with Crippen LogP contribution in [0.1, 0.15) is 31.1 Å². The molecule has 0 aromatic heterocycles. The maximum Gasteiger partial charge on any atom is 0.144 e. The van der Waals surface area contributed by atoms with Crippen LogP contribution in [0.3, 0.4) is 0 Å². The van der Waals surface area contributed by atoms with E-state index in [4.69, 9.17) is 9.47 Å². The summed E-state index contributed by atoms with van der Waals surface area (Å²) in [4.78, 5) is 0. The van der Waals surface area contributed by atoms with E-state index in [1.807, 2.05) is 50.3 Å². The van der Waals surface area contributed by atoms with Gasteiger partial charge in [0, 0.05) is 11.1 Å². The fraction of sp³-hybridized carbons (Fsp3) is 0.238. The molecular formula is C21H22O3. The van der Waals surface area contributed by atoms with E-state index >= 15 is 0 Å². The lowest BCUT2D eigenvalue weighted by atomic mass is 10.1. The van der Waals surface area contributed by atoms with Crippen molar-refractivity contribution in [3.05, 3.63) is 71.3 Å². The number of aliphatic hydroxyl groups is 1. The van der Waals surface area contributed by atoms with Gasteiger partial charge in [-0.25, -0.2) is 0 Å². The molecule has 24 heavy (non-hydrogen) atoms. The highest BCUT2D eigenvalue weighted by Gasteiger charge is 2.13. The van der Waals surface area contributed by atoms with Gasteiger partial charge in [0.1, 0.15) is 24.2 Å². The Balaban J connectivity index is 2.25. The molecule has 0 aliphatic rings. The van der Waals surface area contributed by atoms with Gasteiger partial charge in [-0.3, -0.25) is 0 Å². The second kappa shape index (κ2) is 8.81. The SMILES string of the molecule is COc1ccc(OCC=C(C)C)c([C@H](O)C#Cc2ccccc2)c1. The molecule has 2 aromatic carbocycles. The fourth-order valence-corrected chi connectivity index (χ4v) is 2.05. The molecule has 0 saturated carbocycles. The molecule has 0 spiro atoms. The summed E-state index contributed by atoms with van der Waals surface area (Å²) in [5.41, 5.74) is 2.63. The van der Waals surface area contributed by atoms with E-state index in [0.717, 1.165) is 5.56 Å². The van der Waals surface area contributed by atoms with Crippen molar-refractivity contribution in [1.82, 2.24) is 0 Å². The number of allylic oxidation sites excluding steroid dienone is 1. The van der Waals surface area contributed by atoms with E-state index in [2.05, 4.69) is 11.8 Å². The summed E-state index contributed by atoms with van der Waals surface area (Å²) in [5.74, 6) is 7.09. The minimum absolute atomic E-state index is 0.445. The Morgan fingerprint density at radius 1 is 1.17 bits per heavy atom. The Labute approximate surface area is 143 Å². The first-order valence-electron chi connectivity index (χ1n) is 7.79. The highest BCUT2D eigenvalue weighted by Crippen LogP contribution is 2.29. The van der Waals surface area contributed by atoms with Crippen LogP contribution >= 0.6 is 0 Å². The Morgan fingerprint density at radius 3 is 2.58 bits per heavy atom. The van der Waals surface area contributed by atoms with Crippen LogP contribution in [0.15, 0.2) is 60.2 Å². The summed E-state index contributed by atoms with van der Waals surface area (Å²) >= 11 is 0. The summed E-state index contributed by atoms with van der Waals surface area (Å²) in [6.07, 6.45) is 1.03. The zero-order valence-electron chi connectivity index (χ0n) is 14.2. The fourth-order valence-electron chi connectivity index (χ4n) is 2.05. The Hall–Kier alpha value is -2.70. The standard InChI is InChI=1S/C21H22O3/c1-16(2)13-14-24-21-12-10-18(23-3)15-19(21)20(22)11-9-17-7-5-4-6-8-17/h4-8,10,12-13,15,20,22H,14H2,1-3H3/t20-/m1/s1. The van der Waals surface area contributed by atoms with Crippen LogP contribution in [0.5, 0.6) is 11.5 Å². The maximum atomic E-state index is 10.5. The van der Waals surface area contributed by atoms with E-state index in [-0.39, 0.29) is 0 Å². The first-order valence-corrected chi connectivity index (χ1v) is 7.79. The van der Waals surface area contributed by atoms with Crippen LogP contribution < -0.4 is 9.47 Å². The van der Waals surface area contributed by atoms with Gasteiger partial charge < -0.3 is 14.6 Å². The molecule has 0 amide bonds. The number of methoxy groups -OCH3 is 1. The molecule has 0 unspecified atom stereocenters. The second-order valence-corrected chi connectivity index (χ2v) is 5.53. The highest BCUT2D eigenvalue weighted by molar-refractivity contribution is 5.45. The highest BCUT2D eigenvalue weighted by atomic mass is 16.5. The Bertz CT molecular complexity index is 748. The number of benzene rings is 2. The van der Waals surface area contributed by atoms with Gasteiger partial charge in [-0.2, -0.15) is 0 Å². The minimum atomic E-state index is -0.956. The van der Waals surface area contributed by atoms with Crippen molar-refractivity contribution in [3.8, 4) is 23.3 Å². The van der Waals surface area contributed by atoms with Crippen molar-refractivity contribution >= 4 is 0 Å². The van der Waals surface area contributed by atoms with E-state index < -0.39 is 6.10 Å². The third-order valence-corrected chi connectivity index (χ3v) is 3.37. The first kappa shape index (κ1) is 17.7. The molecule has 0 heterocycles. The molecule has 0 aliphatic carbocycles. The summed E-state index contributed by atoms with van der Waals surface area (Å²) in [7, 11) is 1.59. The number of hydrogen-bond acceptors (Lipinski definition) is 3. The van der Waals surface area contributed by atoms with Crippen LogP contribution in [0, 0.1) is 11.8 Å². The molecule has 3 heteroatoms. The predicted molar refractivity (Wildman–Crippen MR) is 96.2 cm³/mol. The lowest BCUT2D eigenvalue weighted by Crippen LogP contribution is -2.02. The van der Waals surface area contributed by atoms with Gasteiger partial charge in [0.2, 0.25) is 0 Å². The number of hydrogen-bond donors (Lipinski definition) is 1. The third kappa shape index (κ3) is 5.19. The smallest absolute Gasteiger partial charge is 0.144 e. The van der Waals surface area contributed by atoms with Crippen molar-refractivity contribution in [1.29, 1.82) is 0 Å². The van der Waals surface area contributed by atoms with Gasteiger partial charge in [0.15, 0.2) is 0 Å². The van der Waals surface area contributed by atoms with Gasteiger partial charge in [0.05, 0.1) is 7.11 Å². The molecule has 1 atom stereocenters. The van der Waals surface area contributed by atoms with E-state index in [0.29, 0.717) is 23.7 Å². The molecule has 2 rings (SSSR count). The molecule has 0 radical (unpaired) electrons. The zero-order chi connectivity index (χ0) is 17.4. The van der Waals surface area contributed by atoms with Gasteiger partial charge in [-0.1, -0.05) is 35.6 Å². The lowest BCUT2D eigenvalue weighted by Gasteiger charge is -2.13. The average Bonchev–Trinajstić information content (AvgIpc) is 2.60. The predicted octanol–water partition coefficient (Wildman–Crippen LogP) is 4.13. The maximum absolute atomic E-state index is 10.5. The third-order valence-electron chi connectivity index (χ3n) is 3.37. The molecule has 2 aromatic rings. The number of rotatable bonds is 5. The van der Waals surface area contributed by atoms with Crippen LogP contribution in [-0.2, 0) is 0 Å². The van der Waals surface area contributed by atoms with Gasteiger partial charge >= 0.3 is 0 Å². The summed E-state index contributed by atoms with van der Waals surface area (Å²) in [5, 5.41) is 10.5. The quantitative estimate of drug-likeness (QED) is 0.664. The van der Waals surface area contributed by atoms with Gasteiger partial charge in [-0.15, -0.1) is 0 Å². The normalized spacial score (nSPS) is 11.0. The minimum Gasteiger partial charge on any atom is -0.497 e. The second-order valence-electron chi connectivity index (χ2n) is 5.53. The van der Waals surface area contributed by atoms with Gasteiger partial charge in [-0.05, 0) is 50.3 Å². The molecular weight excluding hydrogens is 300 g/mol. The van der Waals surface area contributed by atoms with Crippen molar-refractivity contribution < 1.29 is 14.6 Å². The van der Waals surface area contributed by atoms with Crippen LogP contribution in [-0.4, -0.2) is 18.8 Å². The molecule has 3 nitrogen and oxygen atoms in total. The van der Waals surface area contributed by atoms with Crippen LogP contribution in [0.2, 0.25) is 0 Å². The van der Waals surface area contributed by atoms with Crippen molar-refractivity contribution in [3.63, 3.8) is 0 Å². The molecule has 1 N–H and O–H groups in total. The van der Waals surface area contributed by atoms with Crippen LogP contribution in [0.4, 0.5) is 0 Å². The topological polar surface area (TPSA) is 38.7 Å². The van der Waals surface area contributed by atoms with E-state index in [1.165, 1.54) is 5.57 Å². The molecule has 0 fully saturated rings. The van der Waals surface area contributed by atoms with Gasteiger partial charge in [0.25, 0.3) is 0 Å². The number of ether oxygens (including phenoxy) is 2. The summed E-state index contributed by atoms with van der Waals surface area (Å²) in [6, 6.07) is 14.9. The molecule has 0 bridgehead atoms. The monoisotopic (exact) mass is 322 g/mol. The molecule has 124 valence electrons. The Kier molecular flexibility index (Phi) is 6.48. The zero-order valence-corrected chi connectivity index (χ0v) is 14.2. The largest absolute Gasteiger partial charge is 0.497 e. The first-order chi connectivity index (χ1) is 11.6. The molecule has 0 aliphatic heterocycles. The van der Waals surface area contributed by atoms with Crippen molar-refractivity contribution in [2.45, 2.75) is 20.0 Å². The summed E-state index contributed by atoms with van der Waals surface area (Å²) < 4.78 is 11.0.